The number of rotatable bonds is 2. The molecule has 0 radical (unpaired) electrons. The number of amides is 1. The van der Waals surface area contributed by atoms with Crippen LogP contribution in [0.3, 0.4) is 0 Å². The summed E-state index contributed by atoms with van der Waals surface area (Å²) in [5, 5.41) is 9.14. The molecular weight excluding hydrogens is 244 g/mol. The number of nitrogens with zero attached hydrogens (tertiary/aromatic N) is 2. The van der Waals surface area contributed by atoms with Crippen LogP contribution in [0.5, 0.6) is 0 Å². The van der Waals surface area contributed by atoms with Gasteiger partial charge in [-0.05, 0) is 18.4 Å². The molecule has 0 spiro atoms. The molecule has 1 N–H and O–H groups in total. The number of benzene rings is 1. The van der Waals surface area contributed by atoms with Crippen LogP contribution >= 0.6 is 0 Å². The Balaban J connectivity index is 1.78. The summed E-state index contributed by atoms with van der Waals surface area (Å²) in [7, 11) is 0. The second-order valence-corrected chi connectivity index (χ2v) is 4.84. The Morgan fingerprint density at radius 3 is 2.89 bits per heavy atom. The molecule has 0 saturated carbocycles. The summed E-state index contributed by atoms with van der Waals surface area (Å²) in [4.78, 5) is 17.1. The lowest BCUT2D eigenvalue weighted by atomic mass is 10.1. The van der Waals surface area contributed by atoms with Crippen molar-refractivity contribution in [3.8, 4) is 0 Å². The first kappa shape index (κ1) is 12.0. The molecule has 5 nitrogen and oxygen atoms in total. The third kappa shape index (κ3) is 2.28. The van der Waals surface area contributed by atoms with Crippen LogP contribution in [0, 0.1) is 0 Å². The number of carboxylic acid groups (broad SMARTS) is 1. The van der Waals surface area contributed by atoms with Crippen LogP contribution in [0.4, 0.5) is 4.79 Å². The fourth-order valence-electron chi connectivity index (χ4n) is 2.67. The van der Waals surface area contributed by atoms with Gasteiger partial charge in [-0.25, -0.2) is 9.79 Å². The van der Waals surface area contributed by atoms with Crippen LogP contribution in [-0.4, -0.2) is 41.2 Å². The first-order valence-electron chi connectivity index (χ1n) is 6.50. The van der Waals surface area contributed by atoms with Crippen molar-refractivity contribution in [1.82, 2.24) is 4.90 Å². The van der Waals surface area contributed by atoms with Crippen molar-refractivity contribution in [2.45, 2.75) is 24.9 Å². The van der Waals surface area contributed by atoms with E-state index in [1.165, 1.54) is 4.90 Å². The predicted octanol–water partition coefficient (Wildman–Crippen LogP) is 2.30. The lowest BCUT2D eigenvalue weighted by Crippen LogP contribution is -2.39. The first-order chi connectivity index (χ1) is 9.25. The number of ether oxygens (including phenoxy) is 1. The van der Waals surface area contributed by atoms with E-state index in [1.807, 2.05) is 30.3 Å². The van der Waals surface area contributed by atoms with Gasteiger partial charge in [0.25, 0.3) is 0 Å². The van der Waals surface area contributed by atoms with Gasteiger partial charge in [0.2, 0.25) is 5.90 Å². The molecule has 1 amide bonds. The maximum Gasteiger partial charge on any atom is 0.407 e. The van der Waals surface area contributed by atoms with Gasteiger partial charge in [0.15, 0.2) is 0 Å². The second-order valence-electron chi connectivity index (χ2n) is 4.84. The smallest absolute Gasteiger partial charge is 0.407 e. The molecule has 0 bridgehead atoms. The summed E-state index contributed by atoms with van der Waals surface area (Å²) in [6.07, 6.45) is 0.777. The molecule has 5 heteroatoms. The van der Waals surface area contributed by atoms with Crippen molar-refractivity contribution in [2.75, 3.05) is 13.2 Å². The number of aliphatic imine (C=N–C) groups is 1. The predicted molar refractivity (Wildman–Crippen MR) is 70.3 cm³/mol. The number of hydrogen-bond donors (Lipinski definition) is 1. The summed E-state index contributed by atoms with van der Waals surface area (Å²) in [6, 6.07) is 9.74. The quantitative estimate of drug-likeness (QED) is 0.887. The van der Waals surface area contributed by atoms with Crippen LogP contribution < -0.4 is 0 Å². The SMILES string of the molecule is O=C(O)N1CCC[C@H]1C1=N[C@@H](c2ccccc2)CO1. The fourth-order valence-corrected chi connectivity index (χ4v) is 2.67. The fraction of sp³-hybridized carbons (Fsp3) is 0.429. The van der Waals surface area contributed by atoms with E-state index < -0.39 is 6.09 Å². The zero-order valence-corrected chi connectivity index (χ0v) is 10.5. The van der Waals surface area contributed by atoms with Crippen molar-refractivity contribution in [3.63, 3.8) is 0 Å². The minimum Gasteiger partial charge on any atom is -0.477 e. The zero-order valence-electron chi connectivity index (χ0n) is 10.5. The third-order valence-corrected chi connectivity index (χ3v) is 3.64. The molecule has 1 saturated heterocycles. The molecule has 1 aromatic rings. The summed E-state index contributed by atoms with van der Waals surface area (Å²) in [5.74, 6) is 0.578. The van der Waals surface area contributed by atoms with E-state index in [1.54, 1.807) is 0 Å². The Morgan fingerprint density at radius 2 is 2.16 bits per heavy atom. The molecule has 2 aliphatic rings. The van der Waals surface area contributed by atoms with E-state index in [4.69, 9.17) is 9.84 Å². The molecule has 100 valence electrons. The second kappa shape index (κ2) is 4.91. The van der Waals surface area contributed by atoms with E-state index in [9.17, 15) is 4.79 Å². The standard InChI is InChI=1S/C14H16N2O3/c17-14(18)16-8-4-7-12(16)13-15-11(9-19-13)10-5-2-1-3-6-10/h1-3,5-6,11-12H,4,7-9H2,(H,17,18)/t11-,12+/m1/s1. The number of hydrogen-bond acceptors (Lipinski definition) is 3. The van der Waals surface area contributed by atoms with Gasteiger partial charge in [0, 0.05) is 6.54 Å². The molecular formula is C14H16N2O3. The molecule has 0 aliphatic carbocycles. The van der Waals surface area contributed by atoms with Gasteiger partial charge in [-0.1, -0.05) is 30.3 Å². The van der Waals surface area contributed by atoms with Gasteiger partial charge in [-0.15, -0.1) is 0 Å². The molecule has 2 aliphatic heterocycles. The van der Waals surface area contributed by atoms with Gasteiger partial charge >= 0.3 is 6.09 Å². The topological polar surface area (TPSA) is 62.1 Å². The van der Waals surface area contributed by atoms with Gasteiger partial charge < -0.3 is 9.84 Å². The van der Waals surface area contributed by atoms with Crippen molar-refractivity contribution in [2.24, 2.45) is 4.99 Å². The lowest BCUT2D eigenvalue weighted by molar-refractivity contribution is 0.145. The van der Waals surface area contributed by atoms with Crippen molar-refractivity contribution in [3.05, 3.63) is 35.9 Å². The summed E-state index contributed by atoms with van der Waals surface area (Å²) < 4.78 is 5.63. The van der Waals surface area contributed by atoms with Crippen molar-refractivity contribution >= 4 is 12.0 Å². The normalized spacial score (nSPS) is 26.1. The van der Waals surface area contributed by atoms with Crippen LogP contribution in [0.25, 0.3) is 0 Å². The molecule has 19 heavy (non-hydrogen) atoms. The van der Waals surface area contributed by atoms with Crippen LogP contribution in [-0.2, 0) is 4.74 Å². The van der Waals surface area contributed by atoms with Crippen molar-refractivity contribution in [1.29, 1.82) is 0 Å². The van der Waals surface area contributed by atoms with E-state index in [0.717, 1.165) is 18.4 Å². The molecule has 2 heterocycles. The number of likely N-dealkylation sites (tertiary alicyclic amines) is 1. The van der Waals surface area contributed by atoms with E-state index in [0.29, 0.717) is 19.0 Å². The minimum absolute atomic E-state index is 0.00700. The van der Waals surface area contributed by atoms with Crippen LogP contribution in [0.1, 0.15) is 24.4 Å². The average molecular weight is 260 g/mol. The van der Waals surface area contributed by atoms with Crippen LogP contribution in [0.2, 0.25) is 0 Å². The van der Waals surface area contributed by atoms with E-state index in [-0.39, 0.29) is 12.1 Å². The van der Waals surface area contributed by atoms with E-state index in [2.05, 4.69) is 4.99 Å². The summed E-state index contributed by atoms with van der Waals surface area (Å²) >= 11 is 0. The lowest BCUT2D eigenvalue weighted by Gasteiger charge is -2.20. The summed E-state index contributed by atoms with van der Waals surface area (Å²) in [6.45, 7) is 1.07. The molecule has 3 rings (SSSR count). The molecule has 1 fully saturated rings. The highest BCUT2D eigenvalue weighted by Crippen LogP contribution is 2.28. The Bertz CT molecular complexity index is 501. The maximum atomic E-state index is 11.1. The summed E-state index contributed by atoms with van der Waals surface area (Å²) in [5.41, 5.74) is 1.11. The highest BCUT2D eigenvalue weighted by Gasteiger charge is 2.36. The average Bonchev–Trinajstić information content (AvgIpc) is 3.08. The number of carbonyl (C=O) groups is 1. The highest BCUT2D eigenvalue weighted by atomic mass is 16.5. The Kier molecular flexibility index (Phi) is 3.11. The minimum atomic E-state index is -0.892. The van der Waals surface area contributed by atoms with Gasteiger partial charge in [0.1, 0.15) is 18.7 Å². The van der Waals surface area contributed by atoms with Crippen LogP contribution in [0.15, 0.2) is 35.3 Å². The van der Waals surface area contributed by atoms with Gasteiger partial charge in [-0.2, -0.15) is 0 Å². The van der Waals surface area contributed by atoms with E-state index >= 15 is 0 Å². The molecule has 0 unspecified atom stereocenters. The molecule has 1 aromatic carbocycles. The monoisotopic (exact) mass is 260 g/mol. The van der Waals surface area contributed by atoms with Gasteiger partial charge in [-0.3, -0.25) is 4.90 Å². The van der Waals surface area contributed by atoms with Gasteiger partial charge in [0.05, 0.1) is 0 Å². The molecule has 2 atom stereocenters. The largest absolute Gasteiger partial charge is 0.477 e. The Hall–Kier alpha value is -2.04. The maximum absolute atomic E-state index is 11.1. The Morgan fingerprint density at radius 1 is 1.37 bits per heavy atom. The third-order valence-electron chi connectivity index (χ3n) is 3.64. The van der Waals surface area contributed by atoms with Crippen molar-refractivity contribution < 1.29 is 14.6 Å². The highest BCUT2D eigenvalue weighted by molar-refractivity contribution is 5.87. The molecule has 0 aromatic heterocycles. The first-order valence-corrected chi connectivity index (χ1v) is 6.50. The zero-order chi connectivity index (χ0) is 13.2. The Labute approximate surface area is 111 Å².